The Bertz CT molecular complexity index is 1530. The first-order valence-corrected chi connectivity index (χ1v) is 14.0. The molecule has 4 aromatic rings. The van der Waals surface area contributed by atoms with Gasteiger partial charge in [0.15, 0.2) is 0 Å². The molecule has 0 aliphatic carbocycles. The van der Waals surface area contributed by atoms with Gasteiger partial charge in [0.05, 0.1) is 22.8 Å². The van der Waals surface area contributed by atoms with E-state index in [1.807, 2.05) is 43.4 Å². The normalized spacial score (nSPS) is 16.4. The highest BCUT2D eigenvalue weighted by atomic mass is 16.4. The molecular weight excluding hydrogens is 518 g/mol. The van der Waals surface area contributed by atoms with Gasteiger partial charge < -0.3 is 25.2 Å². The Morgan fingerprint density at radius 3 is 2.68 bits per heavy atom. The van der Waals surface area contributed by atoms with Gasteiger partial charge in [0, 0.05) is 57.1 Å². The quantitative estimate of drug-likeness (QED) is 0.280. The summed E-state index contributed by atoms with van der Waals surface area (Å²) < 4.78 is 0. The molecule has 1 aliphatic heterocycles. The summed E-state index contributed by atoms with van der Waals surface area (Å²) in [7, 11) is 2.03. The lowest BCUT2D eigenvalue weighted by Gasteiger charge is -2.46. The zero-order chi connectivity index (χ0) is 29.3. The van der Waals surface area contributed by atoms with E-state index >= 15 is 0 Å². The molecule has 1 aromatic carbocycles. The number of hydrogen-bond donors (Lipinski definition) is 3. The number of nitrogens with one attached hydrogen (secondary N) is 2. The number of carbonyl (C=O) groups is 1. The fraction of sp³-hybridized carbons (Fsp3) is 0.433. The molecule has 1 unspecified atom stereocenters. The lowest BCUT2D eigenvalue weighted by Crippen LogP contribution is -2.59. The minimum absolute atomic E-state index is 0.0707. The number of nitrogens with zero attached hydrogens (tertiary/aromatic N) is 7. The maximum absolute atomic E-state index is 11.8. The van der Waals surface area contributed by atoms with Crippen LogP contribution in [-0.2, 0) is 6.54 Å². The van der Waals surface area contributed by atoms with Crippen LogP contribution in [0.25, 0.3) is 22.3 Å². The van der Waals surface area contributed by atoms with Crippen molar-refractivity contribution in [1.82, 2.24) is 34.7 Å². The van der Waals surface area contributed by atoms with Crippen LogP contribution in [-0.4, -0.2) is 84.7 Å². The highest BCUT2D eigenvalue weighted by molar-refractivity contribution is 5.83. The topological polar surface area (TPSA) is 126 Å². The summed E-state index contributed by atoms with van der Waals surface area (Å²) in [5.74, 6) is 2.17. The van der Waals surface area contributed by atoms with E-state index < -0.39 is 6.09 Å². The van der Waals surface area contributed by atoms with E-state index in [4.69, 9.17) is 4.98 Å². The maximum Gasteiger partial charge on any atom is 0.407 e. The fourth-order valence-corrected chi connectivity index (χ4v) is 5.16. The van der Waals surface area contributed by atoms with Crippen LogP contribution in [0.15, 0.2) is 48.9 Å². The van der Waals surface area contributed by atoms with Gasteiger partial charge in [0.1, 0.15) is 18.0 Å². The first kappa shape index (κ1) is 28.3. The Kier molecular flexibility index (Phi) is 7.81. The van der Waals surface area contributed by atoms with Crippen molar-refractivity contribution in [2.24, 2.45) is 5.41 Å². The Morgan fingerprint density at radius 2 is 1.95 bits per heavy atom. The van der Waals surface area contributed by atoms with E-state index in [0.717, 1.165) is 33.7 Å². The van der Waals surface area contributed by atoms with Crippen LogP contribution < -0.4 is 10.2 Å². The summed E-state index contributed by atoms with van der Waals surface area (Å²) in [5, 5.41) is 13.0. The van der Waals surface area contributed by atoms with Crippen molar-refractivity contribution in [2.45, 2.75) is 53.2 Å². The van der Waals surface area contributed by atoms with Crippen molar-refractivity contribution in [1.29, 1.82) is 0 Å². The first-order valence-electron chi connectivity index (χ1n) is 14.0. The number of H-pyrrole nitrogens is 1. The molecule has 0 radical (unpaired) electrons. The van der Waals surface area contributed by atoms with E-state index in [0.29, 0.717) is 44.0 Å². The molecule has 216 valence electrons. The molecule has 5 rings (SSSR count). The van der Waals surface area contributed by atoms with Crippen LogP contribution in [0.4, 0.5) is 22.4 Å². The third-order valence-electron chi connectivity index (χ3n) is 7.75. The molecule has 1 aliphatic rings. The standard InChI is InChI=1S/C30H39N9O2/c1-19(2)37(6)27-15-23(32-18-33-27)21-7-8-22-24(14-21)35-28(34-22)36-26-13-20(9-10-31-26)16-38-11-12-39(29(40)41)25(17-38)30(3,4)5/h7-10,13-15,18-19,25H,11-12,16-17H2,1-6H3,(H,40,41)(H2,31,34,35,36). The van der Waals surface area contributed by atoms with Crippen molar-refractivity contribution in [3.63, 3.8) is 0 Å². The number of aromatic amines is 1. The molecular formula is C30H39N9O2. The highest BCUT2D eigenvalue weighted by Crippen LogP contribution is 2.29. The lowest BCUT2D eigenvalue weighted by atomic mass is 9.84. The molecule has 11 heteroatoms. The summed E-state index contributed by atoms with van der Waals surface area (Å²) in [6.45, 7) is 13.1. The summed E-state index contributed by atoms with van der Waals surface area (Å²) in [6, 6.07) is 12.3. The molecule has 41 heavy (non-hydrogen) atoms. The van der Waals surface area contributed by atoms with Gasteiger partial charge in [-0.05, 0) is 49.1 Å². The SMILES string of the molecule is CC(C)N(C)c1cc(-c2ccc3nc(Nc4cc(CN5CCN(C(=O)O)C(C(C)(C)C)C5)ccn4)[nH]c3c2)ncn1. The minimum Gasteiger partial charge on any atom is -0.465 e. The van der Waals surface area contributed by atoms with Crippen LogP contribution in [0.1, 0.15) is 40.2 Å². The highest BCUT2D eigenvalue weighted by Gasteiger charge is 2.37. The molecule has 1 fully saturated rings. The molecule has 1 amide bonds. The molecule has 0 spiro atoms. The van der Waals surface area contributed by atoms with Gasteiger partial charge in [0.2, 0.25) is 5.95 Å². The predicted molar refractivity (Wildman–Crippen MR) is 161 cm³/mol. The van der Waals surface area contributed by atoms with Crippen molar-refractivity contribution in [2.75, 3.05) is 36.9 Å². The Morgan fingerprint density at radius 1 is 1.15 bits per heavy atom. The number of hydrogen-bond acceptors (Lipinski definition) is 8. The number of rotatable bonds is 7. The van der Waals surface area contributed by atoms with Gasteiger partial charge >= 0.3 is 6.09 Å². The number of amides is 1. The van der Waals surface area contributed by atoms with Crippen LogP contribution in [0.3, 0.4) is 0 Å². The van der Waals surface area contributed by atoms with Crippen LogP contribution in [0, 0.1) is 5.41 Å². The van der Waals surface area contributed by atoms with Gasteiger partial charge in [-0.3, -0.25) is 4.90 Å². The largest absolute Gasteiger partial charge is 0.465 e. The van der Waals surface area contributed by atoms with Gasteiger partial charge in [-0.25, -0.2) is 24.7 Å². The molecule has 4 heterocycles. The van der Waals surface area contributed by atoms with Crippen molar-refractivity contribution >= 4 is 34.7 Å². The number of anilines is 3. The zero-order valence-electron chi connectivity index (χ0n) is 24.6. The van der Waals surface area contributed by atoms with Gasteiger partial charge in [-0.15, -0.1) is 0 Å². The molecule has 0 bridgehead atoms. The van der Waals surface area contributed by atoms with Crippen LogP contribution >= 0.6 is 0 Å². The van der Waals surface area contributed by atoms with Crippen molar-refractivity contribution in [3.8, 4) is 11.3 Å². The average Bonchev–Trinajstić information content (AvgIpc) is 3.33. The summed E-state index contributed by atoms with van der Waals surface area (Å²) in [4.78, 5) is 39.3. The average molecular weight is 558 g/mol. The van der Waals surface area contributed by atoms with E-state index in [2.05, 4.69) is 69.7 Å². The Balaban J connectivity index is 1.29. The first-order chi connectivity index (χ1) is 19.5. The Hall–Kier alpha value is -4.25. The molecule has 3 N–H and O–H groups in total. The summed E-state index contributed by atoms with van der Waals surface area (Å²) in [5.41, 5.74) is 4.51. The smallest absolute Gasteiger partial charge is 0.407 e. The third kappa shape index (κ3) is 6.40. The number of fused-ring (bicyclic) bond motifs is 1. The lowest BCUT2D eigenvalue weighted by molar-refractivity contribution is 0.0190. The van der Waals surface area contributed by atoms with E-state index in [1.165, 1.54) is 0 Å². The maximum atomic E-state index is 11.8. The van der Waals surface area contributed by atoms with Gasteiger partial charge in [-0.1, -0.05) is 26.8 Å². The van der Waals surface area contributed by atoms with Crippen LogP contribution in [0.5, 0.6) is 0 Å². The molecule has 11 nitrogen and oxygen atoms in total. The monoisotopic (exact) mass is 557 g/mol. The predicted octanol–water partition coefficient (Wildman–Crippen LogP) is 5.21. The number of benzene rings is 1. The summed E-state index contributed by atoms with van der Waals surface area (Å²) in [6.07, 6.45) is 2.54. The fourth-order valence-electron chi connectivity index (χ4n) is 5.16. The van der Waals surface area contributed by atoms with Crippen molar-refractivity contribution < 1.29 is 9.90 Å². The molecule has 1 saturated heterocycles. The second-order valence-corrected chi connectivity index (χ2v) is 12.1. The van der Waals surface area contributed by atoms with Gasteiger partial charge in [-0.2, -0.15) is 0 Å². The van der Waals surface area contributed by atoms with E-state index in [1.54, 1.807) is 17.4 Å². The molecule has 3 aromatic heterocycles. The van der Waals surface area contributed by atoms with E-state index in [-0.39, 0.29) is 11.5 Å². The zero-order valence-corrected chi connectivity index (χ0v) is 24.6. The third-order valence-corrected chi connectivity index (χ3v) is 7.75. The molecule has 1 atom stereocenters. The van der Waals surface area contributed by atoms with Crippen LogP contribution in [0.2, 0.25) is 0 Å². The second kappa shape index (κ2) is 11.3. The Labute approximate surface area is 240 Å². The van der Waals surface area contributed by atoms with E-state index in [9.17, 15) is 9.90 Å². The number of piperazine rings is 1. The minimum atomic E-state index is -0.849. The van der Waals surface area contributed by atoms with Gasteiger partial charge in [0.25, 0.3) is 0 Å². The molecule has 0 saturated carbocycles. The van der Waals surface area contributed by atoms with Crippen molar-refractivity contribution in [3.05, 3.63) is 54.5 Å². The number of aromatic nitrogens is 5. The summed E-state index contributed by atoms with van der Waals surface area (Å²) >= 11 is 0. The second-order valence-electron chi connectivity index (χ2n) is 12.1. The number of carboxylic acid groups (broad SMARTS) is 1. The number of pyridine rings is 1. The number of imidazole rings is 1.